The van der Waals surface area contributed by atoms with E-state index in [1.54, 1.807) is 19.1 Å². The molecular weight excluding hydrogens is 254 g/mol. The summed E-state index contributed by atoms with van der Waals surface area (Å²) in [4.78, 5) is 11.3. The quantitative estimate of drug-likeness (QED) is 0.927. The molecule has 1 aromatic heterocycles. The van der Waals surface area contributed by atoms with Crippen molar-refractivity contribution in [3.63, 3.8) is 0 Å². The Kier molecular flexibility index (Phi) is 3.05. The molecule has 0 aliphatic carbocycles. The lowest BCUT2D eigenvalue weighted by Crippen LogP contribution is -2.10. The predicted molar refractivity (Wildman–Crippen MR) is 70.9 cm³/mol. The van der Waals surface area contributed by atoms with Gasteiger partial charge in [0.1, 0.15) is 11.3 Å². The summed E-state index contributed by atoms with van der Waals surface area (Å²) in [5.74, 6) is 0.0406. The highest BCUT2D eigenvalue weighted by Crippen LogP contribution is 2.39. The van der Waals surface area contributed by atoms with Gasteiger partial charge in [0.2, 0.25) is 0 Å². The van der Waals surface area contributed by atoms with Crippen molar-refractivity contribution < 1.29 is 13.9 Å². The molecule has 94 valence electrons. The molecule has 0 bridgehead atoms. The first-order chi connectivity index (χ1) is 8.47. The maximum Gasteiger partial charge on any atom is 0.284 e. The van der Waals surface area contributed by atoms with Crippen LogP contribution in [-0.4, -0.2) is 13.0 Å². The summed E-state index contributed by atoms with van der Waals surface area (Å²) >= 11 is 5.91. The van der Waals surface area contributed by atoms with Crippen molar-refractivity contribution in [2.45, 2.75) is 6.92 Å². The van der Waals surface area contributed by atoms with E-state index >= 15 is 0 Å². The number of aryl methyl sites for hydroxylation is 1. The van der Waals surface area contributed by atoms with E-state index in [9.17, 15) is 4.79 Å². The van der Waals surface area contributed by atoms with Crippen molar-refractivity contribution in [2.24, 2.45) is 5.73 Å². The second kappa shape index (κ2) is 4.38. The third-order valence-electron chi connectivity index (χ3n) is 2.77. The summed E-state index contributed by atoms with van der Waals surface area (Å²) in [6.45, 7) is 5.42. The second-order valence-corrected chi connectivity index (χ2v) is 4.30. The Morgan fingerprint density at radius 3 is 2.67 bits per heavy atom. The molecule has 1 heterocycles. The molecule has 2 rings (SSSR count). The van der Waals surface area contributed by atoms with Crippen LogP contribution in [0.3, 0.4) is 0 Å². The minimum absolute atomic E-state index is 0.126. The monoisotopic (exact) mass is 265 g/mol. The summed E-state index contributed by atoms with van der Waals surface area (Å²) in [5, 5.41) is 1.04. The normalized spacial score (nSPS) is 10.6. The van der Waals surface area contributed by atoms with Crippen LogP contribution in [0.25, 0.3) is 16.0 Å². The van der Waals surface area contributed by atoms with Crippen LogP contribution in [0.5, 0.6) is 5.75 Å². The Labute approximate surface area is 109 Å². The molecule has 18 heavy (non-hydrogen) atoms. The van der Waals surface area contributed by atoms with Gasteiger partial charge in [0.15, 0.2) is 5.76 Å². The van der Waals surface area contributed by atoms with Gasteiger partial charge in [0.05, 0.1) is 12.5 Å². The summed E-state index contributed by atoms with van der Waals surface area (Å²) < 4.78 is 10.7. The zero-order valence-corrected chi connectivity index (χ0v) is 10.8. The smallest absolute Gasteiger partial charge is 0.284 e. The van der Waals surface area contributed by atoms with Crippen molar-refractivity contribution in [2.75, 3.05) is 7.11 Å². The Bertz CT molecular complexity index is 658. The van der Waals surface area contributed by atoms with Crippen LogP contribution >= 0.6 is 11.6 Å². The van der Waals surface area contributed by atoms with Gasteiger partial charge in [-0.3, -0.25) is 4.79 Å². The molecule has 0 unspecified atom stereocenters. The van der Waals surface area contributed by atoms with Gasteiger partial charge in [-0.25, -0.2) is 0 Å². The third-order valence-corrected chi connectivity index (χ3v) is 2.97. The van der Waals surface area contributed by atoms with Crippen molar-refractivity contribution >= 4 is 33.5 Å². The number of nitrogens with two attached hydrogens (primary N) is 1. The number of amides is 1. The van der Waals surface area contributed by atoms with Crippen molar-refractivity contribution in [3.8, 4) is 5.75 Å². The van der Waals surface area contributed by atoms with E-state index in [1.165, 1.54) is 7.11 Å². The Balaban J connectivity index is 2.88. The van der Waals surface area contributed by atoms with Gasteiger partial charge in [-0.2, -0.15) is 0 Å². The fraction of sp³-hybridized carbons (Fsp3) is 0.154. The molecule has 0 aliphatic heterocycles. The van der Waals surface area contributed by atoms with Crippen LogP contribution < -0.4 is 10.5 Å². The number of fused-ring (bicyclic) bond motifs is 1. The second-order valence-electron chi connectivity index (χ2n) is 3.84. The van der Waals surface area contributed by atoms with E-state index in [0.717, 1.165) is 0 Å². The minimum atomic E-state index is -0.614. The summed E-state index contributed by atoms with van der Waals surface area (Å²) in [7, 11) is 1.52. The number of methoxy groups -OCH3 is 1. The van der Waals surface area contributed by atoms with Crippen molar-refractivity contribution in [1.29, 1.82) is 0 Å². The molecule has 0 aliphatic rings. The minimum Gasteiger partial charge on any atom is -0.495 e. The van der Waals surface area contributed by atoms with E-state index in [4.69, 9.17) is 26.5 Å². The fourth-order valence-corrected chi connectivity index (χ4v) is 2.11. The summed E-state index contributed by atoms with van der Waals surface area (Å²) in [5.41, 5.74) is 7.07. The summed E-state index contributed by atoms with van der Waals surface area (Å²) in [6.07, 6.45) is 0. The first kappa shape index (κ1) is 12.5. The van der Waals surface area contributed by atoms with Crippen LogP contribution in [0.4, 0.5) is 0 Å². The number of benzene rings is 1. The Morgan fingerprint density at radius 1 is 1.50 bits per heavy atom. The number of hydrogen-bond acceptors (Lipinski definition) is 3. The molecule has 4 nitrogen and oxygen atoms in total. The van der Waals surface area contributed by atoms with Gasteiger partial charge in [-0.15, -0.1) is 0 Å². The third kappa shape index (κ3) is 1.75. The van der Waals surface area contributed by atoms with Gasteiger partial charge >= 0.3 is 0 Å². The number of carbonyl (C=O) groups excluding carboxylic acids is 1. The first-order valence-electron chi connectivity index (χ1n) is 5.22. The molecule has 0 saturated heterocycles. The molecule has 0 saturated carbocycles. The van der Waals surface area contributed by atoms with Gasteiger partial charge in [-0.05, 0) is 19.1 Å². The number of furan rings is 1. The van der Waals surface area contributed by atoms with Gasteiger partial charge in [0.25, 0.3) is 5.91 Å². The number of carbonyl (C=O) groups is 1. The highest BCUT2D eigenvalue weighted by Gasteiger charge is 2.20. The van der Waals surface area contributed by atoms with E-state index < -0.39 is 5.91 Å². The molecular formula is C13H12ClNO3. The van der Waals surface area contributed by atoms with E-state index in [2.05, 4.69) is 6.58 Å². The molecule has 1 amide bonds. The van der Waals surface area contributed by atoms with Gasteiger partial charge in [0, 0.05) is 16.2 Å². The zero-order valence-electron chi connectivity index (χ0n) is 10.0. The molecule has 2 aromatic rings. The largest absolute Gasteiger partial charge is 0.495 e. The molecule has 0 spiro atoms. The van der Waals surface area contributed by atoms with Gasteiger partial charge < -0.3 is 14.9 Å². The van der Waals surface area contributed by atoms with E-state index in [-0.39, 0.29) is 5.76 Å². The number of primary amides is 1. The molecule has 2 N–H and O–H groups in total. The van der Waals surface area contributed by atoms with E-state index in [0.29, 0.717) is 32.9 Å². The SMILES string of the molecule is C=C(Cl)c1ccc2oc(C(N)=O)c(C)c2c1OC. The topological polar surface area (TPSA) is 65.5 Å². The molecule has 1 aromatic carbocycles. The molecule has 0 atom stereocenters. The van der Waals surface area contributed by atoms with Crippen LogP contribution in [0.1, 0.15) is 21.7 Å². The fourth-order valence-electron chi connectivity index (χ4n) is 1.97. The Morgan fingerprint density at radius 2 is 2.17 bits per heavy atom. The highest BCUT2D eigenvalue weighted by molar-refractivity contribution is 6.48. The van der Waals surface area contributed by atoms with Crippen LogP contribution in [-0.2, 0) is 0 Å². The first-order valence-corrected chi connectivity index (χ1v) is 5.59. The highest BCUT2D eigenvalue weighted by atomic mass is 35.5. The van der Waals surface area contributed by atoms with Crippen molar-refractivity contribution in [1.82, 2.24) is 0 Å². The molecule has 5 heteroatoms. The lowest BCUT2D eigenvalue weighted by atomic mass is 10.1. The number of rotatable bonds is 3. The predicted octanol–water partition coefficient (Wildman–Crippen LogP) is 3.06. The lowest BCUT2D eigenvalue weighted by Gasteiger charge is -2.08. The van der Waals surface area contributed by atoms with Crippen LogP contribution in [0.2, 0.25) is 0 Å². The average molecular weight is 266 g/mol. The van der Waals surface area contributed by atoms with Crippen LogP contribution in [0, 0.1) is 6.92 Å². The maximum atomic E-state index is 11.3. The van der Waals surface area contributed by atoms with Gasteiger partial charge in [-0.1, -0.05) is 18.2 Å². The number of ether oxygens (including phenoxy) is 1. The van der Waals surface area contributed by atoms with Crippen LogP contribution in [0.15, 0.2) is 23.1 Å². The lowest BCUT2D eigenvalue weighted by molar-refractivity contribution is 0.0975. The number of hydrogen-bond donors (Lipinski definition) is 1. The van der Waals surface area contributed by atoms with E-state index in [1.807, 2.05) is 0 Å². The zero-order chi connectivity index (χ0) is 13.4. The van der Waals surface area contributed by atoms with Crippen molar-refractivity contribution in [3.05, 3.63) is 35.6 Å². The molecule has 0 fully saturated rings. The standard InChI is InChI=1S/C13H12ClNO3/c1-6-10-9(18-11(6)13(15)16)5-4-8(7(2)14)12(10)17-3/h4-5H,2H2,1,3H3,(H2,15,16). The summed E-state index contributed by atoms with van der Waals surface area (Å²) in [6, 6.07) is 3.43. The average Bonchev–Trinajstić information content (AvgIpc) is 2.65. The number of halogens is 1. The maximum absolute atomic E-state index is 11.3. The molecule has 0 radical (unpaired) electrons. The Hall–Kier alpha value is -1.94.